The number of allylic oxidation sites excluding steroid dienone is 1. The molecule has 0 heterocycles. The van der Waals surface area contributed by atoms with Crippen molar-refractivity contribution in [2.75, 3.05) is 13.2 Å². The van der Waals surface area contributed by atoms with Crippen LogP contribution in [0.2, 0.25) is 0 Å². The SMILES string of the molecule is CCCCOc1ccc(-c2ccc(-c3ccc(C4=CCC(OCCCC)CC4)c(F)c3F)cc2)c(F)c1F. The molecule has 1 aliphatic rings. The maximum atomic E-state index is 15.1. The summed E-state index contributed by atoms with van der Waals surface area (Å²) in [6.45, 7) is 5.13. The van der Waals surface area contributed by atoms with Gasteiger partial charge in [-0.25, -0.2) is 13.2 Å². The van der Waals surface area contributed by atoms with Crippen LogP contribution in [0.25, 0.3) is 27.8 Å². The van der Waals surface area contributed by atoms with Gasteiger partial charge in [-0.1, -0.05) is 69.2 Å². The fourth-order valence-corrected chi connectivity index (χ4v) is 4.64. The summed E-state index contributed by atoms with van der Waals surface area (Å²) in [5, 5.41) is 0. The van der Waals surface area contributed by atoms with Crippen LogP contribution in [-0.2, 0) is 4.74 Å². The Morgan fingerprint density at radius 1 is 0.684 bits per heavy atom. The van der Waals surface area contributed by atoms with Crippen LogP contribution < -0.4 is 4.74 Å². The van der Waals surface area contributed by atoms with Crippen LogP contribution in [0.15, 0.2) is 54.6 Å². The zero-order valence-corrected chi connectivity index (χ0v) is 22.0. The monoisotopic (exact) mass is 526 g/mol. The molecule has 0 saturated carbocycles. The summed E-state index contributed by atoms with van der Waals surface area (Å²) in [4.78, 5) is 0. The Bertz CT molecular complexity index is 1270. The second kappa shape index (κ2) is 13.1. The molecular weight excluding hydrogens is 492 g/mol. The van der Waals surface area contributed by atoms with E-state index in [-0.39, 0.29) is 28.5 Å². The maximum Gasteiger partial charge on any atom is 0.201 e. The number of ether oxygens (including phenoxy) is 2. The third kappa shape index (κ3) is 6.29. The highest BCUT2D eigenvalue weighted by molar-refractivity contribution is 5.74. The van der Waals surface area contributed by atoms with Gasteiger partial charge in [0.15, 0.2) is 23.2 Å². The zero-order chi connectivity index (χ0) is 27.1. The molecule has 1 unspecified atom stereocenters. The molecule has 202 valence electrons. The van der Waals surface area contributed by atoms with Crippen molar-refractivity contribution in [2.24, 2.45) is 0 Å². The first kappa shape index (κ1) is 27.9. The van der Waals surface area contributed by atoms with Crippen molar-refractivity contribution in [3.05, 3.63) is 83.4 Å². The Kier molecular flexibility index (Phi) is 9.62. The Hall–Kier alpha value is -3.12. The standard InChI is InChI=1S/C32H34F4O2/c1-3-5-19-37-24-13-11-23(12-14-24)26-16-15-25(29(33)30(26)34)21-7-9-22(10-8-21)27-17-18-28(32(36)31(27)35)38-20-6-4-2/h7-11,15-18,24H,3-6,12-14,19-20H2,1-2H3. The molecule has 0 aliphatic heterocycles. The van der Waals surface area contributed by atoms with E-state index in [1.165, 1.54) is 12.1 Å². The average molecular weight is 527 g/mol. The number of unbranched alkanes of at least 4 members (excludes halogenated alkanes) is 2. The molecule has 0 bridgehead atoms. The summed E-state index contributed by atoms with van der Waals surface area (Å²) in [7, 11) is 0. The molecular formula is C32H34F4O2. The van der Waals surface area contributed by atoms with Gasteiger partial charge in [0.25, 0.3) is 0 Å². The topological polar surface area (TPSA) is 18.5 Å². The smallest absolute Gasteiger partial charge is 0.201 e. The molecule has 1 aliphatic carbocycles. The molecule has 0 spiro atoms. The van der Waals surface area contributed by atoms with Gasteiger partial charge < -0.3 is 9.47 Å². The lowest BCUT2D eigenvalue weighted by Crippen LogP contribution is -2.16. The molecule has 4 rings (SSSR count). The van der Waals surface area contributed by atoms with Crippen LogP contribution in [0.5, 0.6) is 5.75 Å². The first-order chi connectivity index (χ1) is 18.4. The van der Waals surface area contributed by atoms with Crippen molar-refractivity contribution < 1.29 is 27.0 Å². The van der Waals surface area contributed by atoms with E-state index in [0.717, 1.165) is 44.3 Å². The van der Waals surface area contributed by atoms with Crippen LogP contribution in [0, 0.1) is 23.3 Å². The van der Waals surface area contributed by atoms with Crippen LogP contribution in [0.1, 0.15) is 64.4 Å². The molecule has 3 aromatic carbocycles. The van der Waals surface area contributed by atoms with Gasteiger partial charge in [0.2, 0.25) is 5.82 Å². The van der Waals surface area contributed by atoms with Crippen molar-refractivity contribution in [1.82, 2.24) is 0 Å². The van der Waals surface area contributed by atoms with Gasteiger partial charge in [-0.3, -0.25) is 0 Å². The van der Waals surface area contributed by atoms with E-state index >= 15 is 8.78 Å². The first-order valence-electron chi connectivity index (χ1n) is 13.4. The number of rotatable bonds is 11. The quantitative estimate of drug-likeness (QED) is 0.183. The van der Waals surface area contributed by atoms with E-state index in [0.29, 0.717) is 30.6 Å². The van der Waals surface area contributed by atoms with E-state index in [1.807, 2.05) is 13.0 Å². The van der Waals surface area contributed by atoms with E-state index in [2.05, 4.69) is 6.92 Å². The Morgan fingerprint density at radius 2 is 1.24 bits per heavy atom. The molecule has 3 aromatic rings. The molecule has 0 N–H and O–H groups in total. The van der Waals surface area contributed by atoms with Crippen molar-refractivity contribution in [2.45, 2.75) is 64.9 Å². The van der Waals surface area contributed by atoms with E-state index in [4.69, 9.17) is 9.47 Å². The summed E-state index contributed by atoms with van der Waals surface area (Å²) in [6.07, 6.45) is 7.88. The average Bonchev–Trinajstić information content (AvgIpc) is 2.94. The minimum absolute atomic E-state index is 0.0695. The molecule has 38 heavy (non-hydrogen) atoms. The van der Waals surface area contributed by atoms with Gasteiger partial charge in [0.05, 0.1) is 12.7 Å². The summed E-state index contributed by atoms with van der Waals surface area (Å²) in [6, 6.07) is 12.3. The number of benzene rings is 3. The molecule has 1 atom stereocenters. The van der Waals surface area contributed by atoms with Crippen LogP contribution in [0.4, 0.5) is 17.6 Å². The number of hydrogen-bond donors (Lipinski definition) is 0. The lowest BCUT2D eigenvalue weighted by Gasteiger charge is -2.23. The highest BCUT2D eigenvalue weighted by Crippen LogP contribution is 2.36. The largest absolute Gasteiger partial charge is 0.490 e. The Labute approximate surface area is 222 Å². The molecule has 0 radical (unpaired) electrons. The van der Waals surface area contributed by atoms with E-state index < -0.39 is 23.3 Å². The highest BCUT2D eigenvalue weighted by atomic mass is 19.2. The molecule has 0 saturated heterocycles. The first-order valence-corrected chi connectivity index (χ1v) is 13.4. The summed E-state index contributed by atoms with van der Waals surface area (Å²) in [5.41, 5.74) is 2.11. The molecule has 6 heteroatoms. The third-order valence-electron chi connectivity index (χ3n) is 6.95. The third-order valence-corrected chi connectivity index (χ3v) is 6.95. The molecule has 2 nitrogen and oxygen atoms in total. The Balaban J connectivity index is 1.50. The second-order valence-electron chi connectivity index (χ2n) is 9.66. The fourth-order valence-electron chi connectivity index (χ4n) is 4.64. The lowest BCUT2D eigenvalue weighted by atomic mass is 9.90. The van der Waals surface area contributed by atoms with Gasteiger partial charge in [-0.2, -0.15) is 4.39 Å². The summed E-state index contributed by atoms with van der Waals surface area (Å²) >= 11 is 0. The molecule has 0 amide bonds. The Morgan fingerprint density at radius 3 is 1.84 bits per heavy atom. The lowest BCUT2D eigenvalue weighted by molar-refractivity contribution is 0.0466. The second-order valence-corrected chi connectivity index (χ2v) is 9.66. The van der Waals surface area contributed by atoms with Gasteiger partial charge in [0.1, 0.15) is 0 Å². The minimum atomic E-state index is -1.04. The van der Waals surface area contributed by atoms with Crippen molar-refractivity contribution in [1.29, 1.82) is 0 Å². The van der Waals surface area contributed by atoms with E-state index in [9.17, 15) is 8.78 Å². The van der Waals surface area contributed by atoms with Crippen molar-refractivity contribution >= 4 is 5.57 Å². The predicted molar refractivity (Wildman–Crippen MR) is 144 cm³/mol. The van der Waals surface area contributed by atoms with Crippen LogP contribution in [0.3, 0.4) is 0 Å². The van der Waals surface area contributed by atoms with Crippen LogP contribution >= 0.6 is 0 Å². The van der Waals surface area contributed by atoms with Crippen molar-refractivity contribution in [3.63, 3.8) is 0 Å². The van der Waals surface area contributed by atoms with Crippen LogP contribution in [-0.4, -0.2) is 19.3 Å². The fraction of sp³-hybridized carbons (Fsp3) is 0.375. The zero-order valence-electron chi connectivity index (χ0n) is 22.0. The van der Waals surface area contributed by atoms with Gasteiger partial charge in [-0.15, -0.1) is 0 Å². The van der Waals surface area contributed by atoms with Gasteiger partial charge in [-0.05, 0) is 60.9 Å². The van der Waals surface area contributed by atoms with Crippen molar-refractivity contribution in [3.8, 4) is 28.0 Å². The molecule has 0 aromatic heterocycles. The predicted octanol–water partition coefficient (Wildman–Crippen LogP) is 9.51. The molecule has 0 fully saturated rings. The normalized spacial score (nSPS) is 15.4. The number of hydrogen-bond acceptors (Lipinski definition) is 2. The maximum absolute atomic E-state index is 15.1. The minimum Gasteiger partial charge on any atom is -0.490 e. The number of halogens is 4. The summed E-state index contributed by atoms with van der Waals surface area (Å²) in [5.74, 6) is -3.98. The van der Waals surface area contributed by atoms with Gasteiger partial charge >= 0.3 is 0 Å². The highest BCUT2D eigenvalue weighted by Gasteiger charge is 2.22. The summed E-state index contributed by atoms with van der Waals surface area (Å²) < 4.78 is 70.7. The van der Waals surface area contributed by atoms with E-state index in [1.54, 1.807) is 36.4 Å². The van der Waals surface area contributed by atoms with Gasteiger partial charge in [0, 0.05) is 23.3 Å².